The van der Waals surface area contributed by atoms with Gasteiger partial charge >= 0.3 is 6.09 Å². The van der Waals surface area contributed by atoms with Crippen LogP contribution in [0.1, 0.15) is 47.0 Å². The zero-order valence-corrected chi connectivity index (χ0v) is 19.5. The Morgan fingerprint density at radius 1 is 1.41 bits per heavy atom. The van der Waals surface area contributed by atoms with Gasteiger partial charge in [0.25, 0.3) is 0 Å². The van der Waals surface area contributed by atoms with Crippen LogP contribution >= 0.6 is 11.3 Å². The number of carbonyl (C=O) groups excluding carboxylic acids is 1. The van der Waals surface area contributed by atoms with Gasteiger partial charge in [-0.25, -0.2) is 4.79 Å². The Hall–Kier alpha value is -1.96. The van der Waals surface area contributed by atoms with Gasteiger partial charge in [0.05, 0.1) is 5.00 Å². The van der Waals surface area contributed by atoms with Crippen molar-refractivity contribution in [2.24, 2.45) is 4.99 Å². The van der Waals surface area contributed by atoms with E-state index in [1.54, 1.807) is 30.3 Å². The van der Waals surface area contributed by atoms with Gasteiger partial charge < -0.3 is 25.2 Å². The molecule has 1 aromatic rings. The Morgan fingerprint density at radius 3 is 2.66 bits per heavy atom. The van der Waals surface area contributed by atoms with E-state index in [2.05, 4.69) is 38.0 Å². The fourth-order valence-corrected chi connectivity index (χ4v) is 3.97. The summed E-state index contributed by atoms with van der Waals surface area (Å²) in [5.74, 6) is 0.826. The molecule has 0 aromatic carbocycles. The van der Waals surface area contributed by atoms with Gasteiger partial charge in [-0.05, 0) is 64.5 Å². The van der Waals surface area contributed by atoms with Crippen molar-refractivity contribution >= 4 is 28.4 Å². The maximum absolute atomic E-state index is 12.2. The van der Waals surface area contributed by atoms with Gasteiger partial charge in [0.1, 0.15) is 5.60 Å². The Labute approximate surface area is 179 Å². The summed E-state index contributed by atoms with van der Waals surface area (Å²) in [6.45, 7) is 10.5. The Balaban J connectivity index is 1.69. The third-order valence-corrected chi connectivity index (χ3v) is 6.00. The number of hydrogen-bond donors (Lipinski definition) is 2. The number of hydrogen-bond acceptors (Lipinski definition) is 5. The second-order valence-electron chi connectivity index (χ2n) is 8.58. The molecule has 2 rings (SSSR count). The number of rotatable bonds is 6. The number of anilines is 1. The van der Waals surface area contributed by atoms with Gasteiger partial charge in [-0.2, -0.15) is 0 Å². The van der Waals surface area contributed by atoms with E-state index in [4.69, 9.17) is 4.74 Å². The predicted octanol–water partition coefficient (Wildman–Crippen LogP) is 3.53. The fraction of sp³-hybridized carbons (Fsp3) is 0.714. The van der Waals surface area contributed by atoms with E-state index in [0.717, 1.165) is 44.9 Å². The second-order valence-corrected chi connectivity index (χ2v) is 9.51. The predicted molar refractivity (Wildman–Crippen MR) is 122 cm³/mol. The molecule has 0 bridgehead atoms. The van der Waals surface area contributed by atoms with Crippen molar-refractivity contribution in [1.82, 2.24) is 15.5 Å². The molecule has 1 saturated heterocycles. The first-order valence-electron chi connectivity index (χ1n) is 10.4. The molecule has 1 aliphatic heterocycles. The lowest BCUT2D eigenvalue weighted by atomic mass is 10.1. The van der Waals surface area contributed by atoms with E-state index < -0.39 is 5.60 Å². The number of nitrogens with zero attached hydrogens (tertiary/aromatic N) is 3. The number of carbonyl (C=O) groups is 1. The van der Waals surface area contributed by atoms with Crippen LogP contribution in [0.3, 0.4) is 0 Å². The molecule has 0 spiro atoms. The van der Waals surface area contributed by atoms with Crippen LogP contribution < -0.4 is 15.5 Å². The van der Waals surface area contributed by atoms with Gasteiger partial charge in [-0.15, -0.1) is 11.3 Å². The third kappa shape index (κ3) is 7.76. The lowest BCUT2D eigenvalue weighted by Crippen LogP contribution is -2.49. The summed E-state index contributed by atoms with van der Waals surface area (Å²) in [6, 6.07) is 4.80. The van der Waals surface area contributed by atoms with Crippen molar-refractivity contribution in [3.8, 4) is 0 Å². The van der Waals surface area contributed by atoms with Gasteiger partial charge in [0.15, 0.2) is 5.96 Å². The zero-order valence-electron chi connectivity index (χ0n) is 18.7. The van der Waals surface area contributed by atoms with E-state index in [1.807, 2.05) is 27.7 Å². The molecule has 1 aromatic heterocycles. The molecule has 0 radical (unpaired) electrons. The van der Waals surface area contributed by atoms with Crippen molar-refractivity contribution in [1.29, 1.82) is 0 Å². The number of guanidine groups is 1. The second kappa shape index (κ2) is 10.7. The number of ether oxygens (including phenoxy) is 1. The highest BCUT2D eigenvalue weighted by Crippen LogP contribution is 2.24. The molecule has 29 heavy (non-hydrogen) atoms. The monoisotopic (exact) mass is 423 g/mol. The van der Waals surface area contributed by atoms with Crippen LogP contribution in [-0.4, -0.2) is 68.4 Å². The fourth-order valence-electron chi connectivity index (χ4n) is 3.19. The Bertz CT molecular complexity index is 649. The average molecular weight is 424 g/mol. The molecule has 7 nitrogen and oxygen atoms in total. The van der Waals surface area contributed by atoms with Crippen molar-refractivity contribution in [3.05, 3.63) is 17.5 Å². The molecule has 2 heterocycles. The summed E-state index contributed by atoms with van der Waals surface area (Å²) in [5, 5.41) is 10.4. The molecular weight excluding hydrogens is 386 g/mol. The van der Waals surface area contributed by atoms with E-state index in [1.165, 1.54) is 5.00 Å². The Morgan fingerprint density at radius 2 is 2.10 bits per heavy atom. The first-order valence-corrected chi connectivity index (χ1v) is 11.3. The van der Waals surface area contributed by atoms with Crippen molar-refractivity contribution in [2.45, 2.75) is 64.6 Å². The molecule has 0 saturated carbocycles. The first-order chi connectivity index (χ1) is 13.7. The maximum atomic E-state index is 12.2. The molecule has 1 aliphatic rings. The normalized spacial score (nSPS) is 17.0. The highest BCUT2D eigenvalue weighted by atomic mass is 32.1. The lowest BCUT2D eigenvalue weighted by Gasteiger charge is -2.33. The molecule has 1 unspecified atom stereocenters. The number of thiophene rings is 1. The highest BCUT2D eigenvalue weighted by Gasteiger charge is 2.23. The first kappa shape index (κ1) is 23.3. The van der Waals surface area contributed by atoms with Crippen LogP contribution in [0.15, 0.2) is 22.5 Å². The number of amides is 1. The number of aliphatic imine (C=N–C) groups is 1. The van der Waals surface area contributed by atoms with Crippen molar-refractivity contribution in [3.63, 3.8) is 0 Å². The summed E-state index contributed by atoms with van der Waals surface area (Å²) in [7, 11) is 3.58. The molecular formula is C21H37N5O2S. The van der Waals surface area contributed by atoms with Crippen LogP contribution in [0.25, 0.3) is 0 Å². The van der Waals surface area contributed by atoms with Crippen molar-refractivity contribution < 1.29 is 9.53 Å². The topological polar surface area (TPSA) is 69.2 Å². The largest absolute Gasteiger partial charge is 0.444 e. The molecule has 0 aliphatic carbocycles. The third-order valence-electron chi connectivity index (χ3n) is 5.07. The highest BCUT2D eigenvalue weighted by molar-refractivity contribution is 7.14. The van der Waals surface area contributed by atoms with Crippen LogP contribution in [0.2, 0.25) is 0 Å². The summed E-state index contributed by atoms with van der Waals surface area (Å²) in [6.07, 6.45) is 2.71. The van der Waals surface area contributed by atoms with Crippen LogP contribution in [0, 0.1) is 0 Å². The van der Waals surface area contributed by atoms with Gasteiger partial charge in [0.2, 0.25) is 0 Å². The van der Waals surface area contributed by atoms with E-state index in [9.17, 15) is 4.79 Å². The molecule has 2 N–H and O–H groups in total. The number of nitrogens with one attached hydrogen (secondary N) is 2. The minimum Gasteiger partial charge on any atom is -0.444 e. The van der Waals surface area contributed by atoms with Crippen molar-refractivity contribution in [2.75, 3.05) is 38.6 Å². The SMILES string of the molecule is CN=C(NCCC(C)N(C)C(=O)OC(C)(C)C)NC1CCN(c2cccs2)CC1. The van der Waals surface area contributed by atoms with E-state index in [0.29, 0.717) is 6.04 Å². The minimum absolute atomic E-state index is 0.0736. The summed E-state index contributed by atoms with van der Waals surface area (Å²) in [5.41, 5.74) is -0.478. The van der Waals surface area contributed by atoms with Gasteiger partial charge in [-0.3, -0.25) is 4.99 Å². The average Bonchev–Trinajstić information content (AvgIpc) is 3.20. The van der Waals surface area contributed by atoms with Gasteiger partial charge in [0, 0.05) is 45.8 Å². The van der Waals surface area contributed by atoms with Gasteiger partial charge in [-0.1, -0.05) is 0 Å². The summed E-state index contributed by atoms with van der Waals surface area (Å²) < 4.78 is 5.43. The van der Waals surface area contributed by atoms with Crippen LogP contribution in [0.5, 0.6) is 0 Å². The lowest BCUT2D eigenvalue weighted by molar-refractivity contribution is 0.0230. The minimum atomic E-state index is -0.478. The molecule has 1 atom stereocenters. The molecule has 164 valence electrons. The maximum Gasteiger partial charge on any atom is 0.410 e. The van der Waals surface area contributed by atoms with E-state index >= 15 is 0 Å². The summed E-state index contributed by atoms with van der Waals surface area (Å²) >= 11 is 1.80. The van der Waals surface area contributed by atoms with Crippen LogP contribution in [0.4, 0.5) is 9.80 Å². The molecule has 1 fully saturated rings. The Kier molecular flexibility index (Phi) is 8.61. The summed E-state index contributed by atoms with van der Waals surface area (Å²) in [4.78, 5) is 20.6. The molecule has 1 amide bonds. The quantitative estimate of drug-likeness (QED) is 0.541. The van der Waals surface area contributed by atoms with E-state index in [-0.39, 0.29) is 12.1 Å². The molecule has 8 heteroatoms. The zero-order chi connectivity index (χ0) is 21.4. The van der Waals surface area contributed by atoms with Crippen LogP contribution in [-0.2, 0) is 4.74 Å². The number of piperidine rings is 1. The smallest absolute Gasteiger partial charge is 0.410 e. The standard InChI is InChI=1S/C21H37N5O2S/c1-16(25(6)20(27)28-21(2,3)4)9-12-23-19(22-5)24-17-10-13-26(14-11-17)18-8-7-15-29-18/h7-8,15-17H,9-14H2,1-6H3,(H2,22,23,24).